The molecule has 1 atom stereocenters. The van der Waals surface area contributed by atoms with Crippen LogP contribution in [0, 0.1) is 0 Å². The zero-order chi connectivity index (χ0) is 12.1. The third-order valence-electron chi connectivity index (χ3n) is 2.46. The summed E-state index contributed by atoms with van der Waals surface area (Å²) < 4.78 is 0. The van der Waals surface area contributed by atoms with Gasteiger partial charge >= 0.3 is 0 Å². The Hall–Kier alpha value is -1.65. The second-order valence-electron chi connectivity index (χ2n) is 3.63. The Morgan fingerprint density at radius 1 is 1.06 bits per heavy atom. The van der Waals surface area contributed by atoms with Crippen LogP contribution in [-0.4, -0.2) is 10.1 Å². The van der Waals surface area contributed by atoms with Crippen LogP contribution in [0.3, 0.4) is 0 Å². The maximum atomic E-state index is 5.57. The number of halogens is 1. The van der Waals surface area contributed by atoms with Crippen molar-refractivity contribution in [1.29, 1.82) is 0 Å². The van der Waals surface area contributed by atoms with E-state index in [2.05, 4.69) is 10.3 Å². The van der Waals surface area contributed by atoms with Gasteiger partial charge in [0.05, 0.1) is 6.04 Å². The first-order valence-corrected chi connectivity index (χ1v) is 5.69. The lowest BCUT2D eigenvalue weighted by atomic mass is 10.00. The molecule has 1 aromatic heterocycles. The van der Waals surface area contributed by atoms with Crippen LogP contribution in [0.2, 0.25) is 0 Å². The SMILES string of the molecule is Cl.NC(=S)NC(c1ccccc1)c1ccncc1. The molecule has 94 valence electrons. The van der Waals surface area contributed by atoms with Gasteiger partial charge in [-0.1, -0.05) is 30.3 Å². The molecule has 1 heterocycles. The maximum Gasteiger partial charge on any atom is 0.164 e. The Balaban J connectivity index is 0.00000162. The zero-order valence-corrected chi connectivity index (χ0v) is 11.2. The van der Waals surface area contributed by atoms with Gasteiger partial charge in [0.15, 0.2) is 5.11 Å². The number of hydrogen-bond donors (Lipinski definition) is 2. The fourth-order valence-electron chi connectivity index (χ4n) is 1.70. The number of aromatic nitrogens is 1. The number of pyridine rings is 1. The lowest BCUT2D eigenvalue weighted by Crippen LogP contribution is -2.33. The lowest BCUT2D eigenvalue weighted by molar-refractivity contribution is 0.763. The smallest absolute Gasteiger partial charge is 0.164 e. The number of nitrogens with zero attached hydrogens (tertiary/aromatic N) is 1. The van der Waals surface area contributed by atoms with Crippen molar-refractivity contribution in [3.63, 3.8) is 0 Å². The molecule has 3 N–H and O–H groups in total. The van der Waals surface area contributed by atoms with E-state index in [1.165, 1.54) is 0 Å². The largest absolute Gasteiger partial charge is 0.376 e. The van der Waals surface area contributed by atoms with E-state index in [1.54, 1.807) is 12.4 Å². The van der Waals surface area contributed by atoms with E-state index < -0.39 is 0 Å². The molecule has 0 saturated carbocycles. The highest BCUT2D eigenvalue weighted by Crippen LogP contribution is 2.20. The van der Waals surface area contributed by atoms with Crippen molar-refractivity contribution >= 4 is 29.7 Å². The quantitative estimate of drug-likeness (QED) is 0.848. The summed E-state index contributed by atoms with van der Waals surface area (Å²) in [5.74, 6) is 0. The van der Waals surface area contributed by atoms with E-state index in [4.69, 9.17) is 18.0 Å². The van der Waals surface area contributed by atoms with Crippen LogP contribution in [0.4, 0.5) is 0 Å². The second-order valence-corrected chi connectivity index (χ2v) is 4.07. The molecule has 0 amide bonds. The fourth-order valence-corrected chi connectivity index (χ4v) is 1.82. The van der Waals surface area contributed by atoms with Gasteiger partial charge < -0.3 is 11.1 Å². The standard InChI is InChI=1S/C13H13N3S.ClH/c14-13(17)16-12(10-4-2-1-3-5-10)11-6-8-15-9-7-11;/h1-9,12H,(H3,14,16,17);1H. The van der Waals surface area contributed by atoms with Gasteiger partial charge in [-0.05, 0) is 35.5 Å². The first-order valence-electron chi connectivity index (χ1n) is 5.28. The summed E-state index contributed by atoms with van der Waals surface area (Å²) in [6.07, 6.45) is 3.51. The Labute approximate surface area is 118 Å². The van der Waals surface area contributed by atoms with Gasteiger partial charge in [-0.15, -0.1) is 12.4 Å². The van der Waals surface area contributed by atoms with Gasteiger partial charge in [-0.25, -0.2) is 0 Å². The highest BCUT2D eigenvalue weighted by molar-refractivity contribution is 7.80. The van der Waals surface area contributed by atoms with E-state index in [0.717, 1.165) is 11.1 Å². The van der Waals surface area contributed by atoms with Crippen LogP contribution in [0.1, 0.15) is 17.2 Å². The van der Waals surface area contributed by atoms with Crippen LogP contribution >= 0.6 is 24.6 Å². The van der Waals surface area contributed by atoms with Crippen molar-refractivity contribution in [2.75, 3.05) is 0 Å². The van der Waals surface area contributed by atoms with Gasteiger partial charge in [0.2, 0.25) is 0 Å². The highest BCUT2D eigenvalue weighted by atomic mass is 35.5. The second kappa shape index (κ2) is 6.93. The molecule has 18 heavy (non-hydrogen) atoms. The van der Waals surface area contributed by atoms with Crippen molar-refractivity contribution < 1.29 is 0 Å². The van der Waals surface area contributed by atoms with E-state index in [1.807, 2.05) is 42.5 Å². The summed E-state index contributed by atoms with van der Waals surface area (Å²) in [6.45, 7) is 0. The number of nitrogens with two attached hydrogens (primary N) is 1. The average molecular weight is 280 g/mol. The molecule has 3 nitrogen and oxygen atoms in total. The topological polar surface area (TPSA) is 50.9 Å². The summed E-state index contributed by atoms with van der Waals surface area (Å²) >= 11 is 4.92. The number of thiocarbonyl (C=S) groups is 1. The zero-order valence-electron chi connectivity index (χ0n) is 9.61. The van der Waals surface area contributed by atoms with Crippen LogP contribution in [0.25, 0.3) is 0 Å². The molecule has 0 fully saturated rings. The molecular formula is C13H14ClN3S. The molecule has 0 saturated heterocycles. The normalized spacial score (nSPS) is 11.1. The van der Waals surface area contributed by atoms with E-state index >= 15 is 0 Å². The lowest BCUT2D eigenvalue weighted by Gasteiger charge is -2.19. The molecule has 0 spiro atoms. The average Bonchev–Trinajstić information content (AvgIpc) is 2.38. The Kier molecular flexibility index (Phi) is 5.55. The van der Waals surface area contributed by atoms with Gasteiger partial charge in [-0.2, -0.15) is 0 Å². The Morgan fingerprint density at radius 2 is 1.61 bits per heavy atom. The molecule has 0 radical (unpaired) electrons. The van der Waals surface area contributed by atoms with Crippen molar-refractivity contribution in [2.24, 2.45) is 5.73 Å². The van der Waals surface area contributed by atoms with Gasteiger partial charge in [-0.3, -0.25) is 4.98 Å². The fraction of sp³-hybridized carbons (Fsp3) is 0.0769. The van der Waals surface area contributed by atoms with Crippen LogP contribution in [-0.2, 0) is 0 Å². The number of rotatable bonds is 3. The Bertz CT molecular complexity index is 451. The molecule has 0 aliphatic carbocycles. The molecule has 1 aromatic carbocycles. The molecule has 5 heteroatoms. The summed E-state index contributed by atoms with van der Waals surface area (Å²) in [4.78, 5) is 4.01. The van der Waals surface area contributed by atoms with E-state index in [9.17, 15) is 0 Å². The molecule has 0 aliphatic heterocycles. The van der Waals surface area contributed by atoms with Crippen molar-refractivity contribution in [1.82, 2.24) is 10.3 Å². The molecule has 0 bridgehead atoms. The van der Waals surface area contributed by atoms with Crippen LogP contribution < -0.4 is 11.1 Å². The third kappa shape index (κ3) is 3.68. The monoisotopic (exact) mass is 279 g/mol. The summed E-state index contributed by atoms with van der Waals surface area (Å²) in [7, 11) is 0. The van der Waals surface area contributed by atoms with E-state index in [0.29, 0.717) is 0 Å². The molecular weight excluding hydrogens is 266 g/mol. The van der Waals surface area contributed by atoms with Gasteiger partial charge in [0, 0.05) is 12.4 Å². The van der Waals surface area contributed by atoms with Gasteiger partial charge in [0.25, 0.3) is 0 Å². The predicted octanol–water partition coefficient (Wildman–Crippen LogP) is 2.43. The minimum absolute atomic E-state index is 0. The van der Waals surface area contributed by atoms with Crippen molar-refractivity contribution in [2.45, 2.75) is 6.04 Å². The summed E-state index contributed by atoms with van der Waals surface area (Å²) in [6, 6.07) is 13.9. The minimum atomic E-state index is -0.0308. The van der Waals surface area contributed by atoms with Crippen molar-refractivity contribution in [3.8, 4) is 0 Å². The molecule has 2 aromatic rings. The number of nitrogens with one attached hydrogen (secondary N) is 1. The minimum Gasteiger partial charge on any atom is -0.376 e. The van der Waals surface area contributed by atoms with Crippen LogP contribution in [0.15, 0.2) is 54.9 Å². The van der Waals surface area contributed by atoms with Gasteiger partial charge in [0.1, 0.15) is 0 Å². The van der Waals surface area contributed by atoms with Crippen molar-refractivity contribution in [3.05, 3.63) is 66.0 Å². The molecule has 1 unspecified atom stereocenters. The first-order chi connectivity index (χ1) is 8.27. The molecule has 0 aliphatic rings. The predicted molar refractivity (Wildman–Crippen MR) is 79.7 cm³/mol. The Morgan fingerprint density at radius 3 is 2.17 bits per heavy atom. The number of benzene rings is 1. The van der Waals surface area contributed by atoms with Crippen LogP contribution in [0.5, 0.6) is 0 Å². The highest BCUT2D eigenvalue weighted by Gasteiger charge is 2.13. The summed E-state index contributed by atoms with van der Waals surface area (Å²) in [5, 5.41) is 3.38. The van der Waals surface area contributed by atoms with E-state index in [-0.39, 0.29) is 23.6 Å². The summed E-state index contributed by atoms with van der Waals surface area (Å²) in [5.41, 5.74) is 7.77. The first kappa shape index (κ1) is 14.4. The maximum absolute atomic E-state index is 5.57. The number of hydrogen-bond acceptors (Lipinski definition) is 2. The third-order valence-corrected chi connectivity index (χ3v) is 2.58. The molecule has 2 rings (SSSR count).